The van der Waals surface area contributed by atoms with Gasteiger partial charge in [0.05, 0.1) is 16.3 Å². The molecule has 2 heterocycles. The van der Waals surface area contributed by atoms with E-state index >= 15 is 0 Å². The molecule has 3 rings (SSSR count). The molecular formula is C23H30N6O2S2. The average Bonchev–Trinajstić information content (AvgIpc) is 3.38. The second kappa shape index (κ2) is 10.9. The van der Waals surface area contributed by atoms with Crippen LogP contribution in [0.4, 0.5) is 10.8 Å². The van der Waals surface area contributed by atoms with Gasteiger partial charge in [-0.3, -0.25) is 9.59 Å². The minimum atomic E-state index is -0.464. The number of aromatic nitrogens is 2. The van der Waals surface area contributed by atoms with Crippen molar-refractivity contribution in [1.29, 1.82) is 0 Å². The molecule has 2 aromatic heterocycles. The molecule has 3 N–H and O–H groups in total. The number of nitrogens with one attached hydrogen (secondary N) is 1. The van der Waals surface area contributed by atoms with Gasteiger partial charge in [-0.25, -0.2) is 9.97 Å². The van der Waals surface area contributed by atoms with E-state index in [0.29, 0.717) is 22.2 Å². The van der Waals surface area contributed by atoms with E-state index < -0.39 is 5.91 Å². The number of anilines is 2. The molecule has 1 aromatic carbocycles. The fraction of sp³-hybridized carbons (Fsp3) is 0.391. The lowest BCUT2D eigenvalue weighted by molar-refractivity contribution is 0.0785. The minimum Gasteiger partial charge on any atom is -0.366 e. The van der Waals surface area contributed by atoms with Gasteiger partial charge in [0.25, 0.3) is 5.91 Å². The molecule has 0 aliphatic rings. The van der Waals surface area contributed by atoms with E-state index in [0.717, 1.165) is 46.9 Å². The summed E-state index contributed by atoms with van der Waals surface area (Å²) >= 11 is 2.82. The number of benzene rings is 1. The van der Waals surface area contributed by atoms with Crippen molar-refractivity contribution in [2.45, 2.75) is 26.7 Å². The second-order valence-corrected chi connectivity index (χ2v) is 9.97. The lowest BCUT2D eigenvalue weighted by atomic mass is 10.0. The van der Waals surface area contributed by atoms with Gasteiger partial charge in [-0.05, 0) is 45.1 Å². The Morgan fingerprint density at radius 2 is 1.91 bits per heavy atom. The minimum absolute atomic E-state index is 0.0859. The summed E-state index contributed by atoms with van der Waals surface area (Å²) in [5.74, 6) is -0.550. The first-order valence-electron chi connectivity index (χ1n) is 10.7. The molecule has 33 heavy (non-hydrogen) atoms. The zero-order chi connectivity index (χ0) is 24.1. The second-order valence-electron chi connectivity index (χ2n) is 8.11. The lowest BCUT2D eigenvalue weighted by Gasteiger charge is -2.18. The van der Waals surface area contributed by atoms with Crippen LogP contribution in [0.15, 0.2) is 23.6 Å². The molecule has 176 valence electrons. The highest BCUT2D eigenvalue weighted by molar-refractivity contribution is 7.18. The Labute approximate surface area is 202 Å². The normalized spacial score (nSPS) is 11.1. The maximum Gasteiger partial charge on any atom is 0.282 e. The SMILES string of the molecule is CCCc1ccc(C(N)=O)cc1Nc1nc(-c2sc(C(=O)N(C)CCN(C)C)nc2C)cs1. The number of likely N-dealkylation sites (N-methyl/N-ethyl adjacent to an activating group) is 2. The highest BCUT2D eigenvalue weighted by atomic mass is 32.1. The van der Waals surface area contributed by atoms with Gasteiger partial charge in [-0.1, -0.05) is 19.4 Å². The van der Waals surface area contributed by atoms with Crippen molar-refractivity contribution in [2.75, 3.05) is 39.5 Å². The van der Waals surface area contributed by atoms with Crippen molar-refractivity contribution in [2.24, 2.45) is 5.73 Å². The first-order chi connectivity index (χ1) is 15.7. The molecule has 10 heteroatoms. The Balaban J connectivity index is 1.81. The molecule has 2 amide bonds. The third-order valence-corrected chi connectivity index (χ3v) is 7.03. The van der Waals surface area contributed by atoms with Crippen molar-refractivity contribution in [1.82, 2.24) is 19.8 Å². The molecule has 0 atom stereocenters. The number of hydrogen-bond donors (Lipinski definition) is 2. The van der Waals surface area contributed by atoms with Crippen LogP contribution in [0, 0.1) is 6.92 Å². The Kier molecular flexibility index (Phi) is 8.17. The summed E-state index contributed by atoms with van der Waals surface area (Å²) in [4.78, 5) is 38.2. The summed E-state index contributed by atoms with van der Waals surface area (Å²) in [5, 5.41) is 6.46. The average molecular weight is 487 g/mol. The van der Waals surface area contributed by atoms with Gasteiger partial charge >= 0.3 is 0 Å². The molecular weight excluding hydrogens is 456 g/mol. The third-order valence-electron chi connectivity index (χ3n) is 5.10. The van der Waals surface area contributed by atoms with Crippen molar-refractivity contribution >= 4 is 45.3 Å². The number of amides is 2. The fourth-order valence-electron chi connectivity index (χ4n) is 3.22. The molecule has 0 unspecified atom stereocenters. The third kappa shape index (κ3) is 6.16. The Hall–Kier alpha value is -2.82. The summed E-state index contributed by atoms with van der Waals surface area (Å²) in [6.07, 6.45) is 1.86. The lowest BCUT2D eigenvalue weighted by Crippen LogP contribution is -2.33. The molecule has 0 fully saturated rings. The standard InChI is InChI=1S/C23H30N6O2S2/c1-6-7-15-8-9-16(20(24)30)12-17(15)26-23-27-18(13-32-23)19-14(2)25-21(33-19)22(31)29(5)11-10-28(3)4/h8-9,12-13H,6-7,10-11H2,1-5H3,(H2,24,30)(H,26,27). The number of primary amides is 1. The van der Waals surface area contributed by atoms with Crippen LogP contribution in [0.3, 0.4) is 0 Å². The van der Waals surface area contributed by atoms with E-state index in [2.05, 4.69) is 17.2 Å². The highest BCUT2D eigenvalue weighted by Gasteiger charge is 2.20. The number of thiazole rings is 2. The Bertz CT molecular complexity index is 1140. The van der Waals surface area contributed by atoms with Gasteiger partial charge in [-0.2, -0.15) is 0 Å². The van der Waals surface area contributed by atoms with E-state index in [1.54, 1.807) is 24.1 Å². The summed E-state index contributed by atoms with van der Waals surface area (Å²) in [6, 6.07) is 5.45. The van der Waals surface area contributed by atoms with Crippen LogP contribution in [0.25, 0.3) is 10.6 Å². The van der Waals surface area contributed by atoms with Crippen molar-refractivity contribution in [3.05, 3.63) is 45.4 Å². The molecule has 0 spiro atoms. The number of hydrogen-bond acceptors (Lipinski definition) is 8. The number of carbonyl (C=O) groups excluding carboxylic acids is 2. The van der Waals surface area contributed by atoms with Gasteiger partial charge in [0.15, 0.2) is 10.1 Å². The maximum absolute atomic E-state index is 12.8. The van der Waals surface area contributed by atoms with Crippen molar-refractivity contribution in [3.63, 3.8) is 0 Å². The van der Waals surface area contributed by atoms with Crippen LogP contribution in [0.2, 0.25) is 0 Å². The highest BCUT2D eigenvalue weighted by Crippen LogP contribution is 2.34. The van der Waals surface area contributed by atoms with Gasteiger partial charge in [0, 0.05) is 36.8 Å². The smallest absolute Gasteiger partial charge is 0.282 e. The van der Waals surface area contributed by atoms with E-state index in [-0.39, 0.29) is 5.91 Å². The zero-order valence-corrected chi connectivity index (χ0v) is 21.3. The van der Waals surface area contributed by atoms with Gasteiger partial charge in [-0.15, -0.1) is 22.7 Å². The van der Waals surface area contributed by atoms with Crippen molar-refractivity contribution < 1.29 is 9.59 Å². The van der Waals surface area contributed by atoms with Crippen molar-refractivity contribution in [3.8, 4) is 10.6 Å². The summed E-state index contributed by atoms with van der Waals surface area (Å²) in [7, 11) is 5.75. The first kappa shape index (κ1) is 24.8. The monoisotopic (exact) mass is 486 g/mol. The van der Waals surface area contributed by atoms with Crippen LogP contribution >= 0.6 is 22.7 Å². The first-order valence-corrected chi connectivity index (χ1v) is 12.4. The quantitative estimate of drug-likeness (QED) is 0.449. The number of nitrogens with zero attached hydrogens (tertiary/aromatic N) is 4. The fourth-order valence-corrected chi connectivity index (χ4v) is 5.03. The van der Waals surface area contributed by atoms with Crippen LogP contribution in [-0.2, 0) is 6.42 Å². The van der Waals surface area contributed by atoms with Gasteiger partial charge < -0.3 is 20.9 Å². The molecule has 3 aromatic rings. The van der Waals surface area contributed by atoms with E-state index in [4.69, 9.17) is 10.7 Å². The van der Waals surface area contributed by atoms with E-state index in [1.165, 1.54) is 22.7 Å². The van der Waals surface area contributed by atoms with Crippen LogP contribution in [-0.4, -0.2) is 65.8 Å². The van der Waals surface area contributed by atoms with E-state index in [1.807, 2.05) is 37.4 Å². The van der Waals surface area contributed by atoms with Crippen LogP contribution < -0.4 is 11.1 Å². The predicted molar refractivity (Wildman–Crippen MR) is 136 cm³/mol. The number of carbonyl (C=O) groups is 2. The van der Waals surface area contributed by atoms with Crippen LogP contribution in [0.1, 0.15) is 44.8 Å². The summed E-state index contributed by atoms with van der Waals surface area (Å²) < 4.78 is 0. The Morgan fingerprint density at radius 1 is 1.15 bits per heavy atom. The van der Waals surface area contributed by atoms with Crippen LogP contribution in [0.5, 0.6) is 0 Å². The predicted octanol–water partition coefficient (Wildman–Crippen LogP) is 4.00. The molecule has 8 nitrogen and oxygen atoms in total. The van der Waals surface area contributed by atoms with Gasteiger partial charge in [0.1, 0.15) is 0 Å². The number of rotatable bonds is 10. The topological polar surface area (TPSA) is 104 Å². The Morgan fingerprint density at radius 3 is 2.58 bits per heavy atom. The summed E-state index contributed by atoms with van der Waals surface area (Å²) in [5.41, 5.74) is 9.39. The number of nitrogens with two attached hydrogens (primary N) is 1. The molecule has 0 aliphatic heterocycles. The maximum atomic E-state index is 12.8. The van der Waals surface area contributed by atoms with Gasteiger partial charge in [0.2, 0.25) is 5.91 Å². The number of aryl methyl sites for hydroxylation is 2. The van der Waals surface area contributed by atoms with E-state index in [9.17, 15) is 9.59 Å². The molecule has 0 saturated heterocycles. The summed E-state index contributed by atoms with van der Waals surface area (Å²) in [6.45, 7) is 5.42. The molecule has 0 radical (unpaired) electrons. The zero-order valence-electron chi connectivity index (χ0n) is 19.6. The largest absolute Gasteiger partial charge is 0.366 e. The molecule has 0 aliphatic carbocycles. The molecule has 0 bridgehead atoms. The molecule has 0 saturated carbocycles.